The summed E-state index contributed by atoms with van der Waals surface area (Å²) in [4.78, 5) is 25.6. The van der Waals surface area contributed by atoms with Crippen molar-refractivity contribution in [2.45, 2.75) is 32.9 Å². The largest absolute Gasteiger partial charge is 0.373 e. The van der Waals surface area contributed by atoms with E-state index in [1.54, 1.807) is 0 Å². The summed E-state index contributed by atoms with van der Waals surface area (Å²) in [6.07, 6.45) is 0.484. The first kappa shape index (κ1) is 13.0. The van der Waals surface area contributed by atoms with Crippen molar-refractivity contribution in [2.24, 2.45) is 11.8 Å². The second-order valence-electron chi connectivity index (χ2n) is 4.78. The summed E-state index contributed by atoms with van der Waals surface area (Å²) < 4.78 is 0. The van der Waals surface area contributed by atoms with E-state index in [-0.39, 0.29) is 5.91 Å². The van der Waals surface area contributed by atoms with Crippen LogP contribution in [0.5, 0.6) is 0 Å². The molecule has 0 spiro atoms. The van der Waals surface area contributed by atoms with Crippen LogP contribution in [0.4, 0.5) is 4.79 Å². The molecule has 1 saturated heterocycles. The van der Waals surface area contributed by atoms with Gasteiger partial charge in [-0.1, -0.05) is 20.3 Å². The molecule has 1 aliphatic heterocycles. The molecular weight excluding hydrogens is 208 g/mol. The van der Waals surface area contributed by atoms with E-state index < -0.39 is 18.2 Å². The second-order valence-corrected chi connectivity index (χ2v) is 4.78. The Hall–Kier alpha value is -1.10. The number of aliphatic hydroxyl groups excluding tert-OH is 1. The number of amides is 3. The molecule has 16 heavy (non-hydrogen) atoms. The number of rotatable bonds is 3. The van der Waals surface area contributed by atoms with Gasteiger partial charge in [-0.3, -0.25) is 9.69 Å². The number of carbonyl (C=O) groups is 2. The van der Waals surface area contributed by atoms with Crippen LogP contribution in [0.15, 0.2) is 0 Å². The highest BCUT2D eigenvalue weighted by Crippen LogP contribution is 2.24. The van der Waals surface area contributed by atoms with Gasteiger partial charge in [-0.15, -0.1) is 0 Å². The molecule has 3 amide bonds. The first-order chi connectivity index (χ1) is 7.36. The molecule has 5 nitrogen and oxygen atoms in total. The van der Waals surface area contributed by atoms with Gasteiger partial charge in [-0.05, 0) is 12.3 Å². The first-order valence-electron chi connectivity index (χ1n) is 5.58. The maximum absolute atomic E-state index is 11.8. The number of urea groups is 1. The second kappa shape index (κ2) is 4.82. The zero-order chi connectivity index (χ0) is 12.5. The van der Waals surface area contributed by atoms with E-state index in [1.807, 2.05) is 0 Å². The van der Waals surface area contributed by atoms with Crippen LogP contribution in [0.2, 0.25) is 0 Å². The molecule has 1 rings (SSSR count). The van der Waals surface area contributed by atoms with Crippen molar-refractivity contribution in [3.05, 3.63) is 0 Å². The summed E-state index contributed by atoms with van der Waals surface area (Å²) in [7, 11) is 2.97. The average Bonchev–Trinajstić information content (AvgIpc) is 2.23. The Morgan fingerprint density at radius 1 is 1.31 bits per heavy atom. The number of imide groups is 1. The Morgan fingerprint density at radius 2 is 1.88 bits per heavy atom. The average molecular weight is 228 g/mol. The summed E-state index contributed by atoms with van der Waals surface area (Å²) in [6.45, 7) is 4.14. The summed E-state index contributed by atoms with van der Waals surface area (Å²) >= 11 is 0. The van der Waals surface area contributed by atoms with Crippen molar-refractivity contribution < 1.29 is 14.7 Å². The summed E-state index contributed by atoms with van der Waals surface area (Å²) in [6, 6.07) is -0.446. The van der Waals surface area contributed by atoms with Crippen molar-refractivity contribution in [1.82, 2.24) is 9.80 Å². The van der Waals surface area contributed by atoms with Gasteiger partial charge in [0.15, 0.2) is 0 Å². The molecule has 1 aliphatic rings. The molecule has 2 atom stereocenters. The van der Waals surface area contributed by atoms with Crippen LogP contribution in [0.25, 0.3) is 0 Å². The van der Waals surface area contributed by atoms with Crippen molar-refractivity contribution in [2.75, 3.05) is 14.1 Å². The summed E-state index contributed by atoms with van der Waals surface area (Å²) in [5.41, 5.74) is 0. The van der Waals surface area contributed by atoms with Gasteiger partial charge < -0.3 is 10.0 Å². The standard InChI is InChI=1S/C11H20N2O3/c1-7(2)5-6-8-9(14)12(3)11(16)13(4)10(8)15/h7-9,14H,5-6H2,1-4H3/t8-,9+/m0/s1. The molecule has 0 aromatic heterocycles. The fourth-order valence-electron chi connectivity index (χ4n) is 1.88. The fraction of sp³-hybridized carbons (Fsp3) is 0.818. The van der Waals surface area contributed by atoms with Gasteiger partial charge in [0.05, 0.1) is 5.92 Å². The smallest absolute Gasteiger partial charge is 0.328 e. The van der Waals surface area contributed by atoms with Crippen molar-refractivity contribution in [3.63, 3.8) is 0 Å². The SMILES string of the molecule is CC(C)CC[C@@H]1C(=O)N(C)C(=O)N(C)[C@@H]1O. The highest BCUT2D eigenvalue weighted by atomic mass is 16.3. The molecule has 0 aliphatic carbocycles. The monoisotopic (exact) mass is 228 g/mol. The minimum absolute atomic E-state index is 0.281. The molecule has 1 heterocycles. The minimum atomic E-state index is -0.991. The van der Waals surface area contributed by atoms with E-state index in [2.05, 4.69) is 13.8 Å². The Bertz CT molecular complexity index is 291. The third-order valence-corrected chi connectivity index (χ3v) is 3.05. The van der Waals surface area contributed by atoms with Gasteiger partial charge in [0.1, 0.15) is 6.23 Å². The molecular formula is C11H20N2O3. The van der Waals surface area contributed by atoms with Crippen LogP contribution in [0, 0.1) is 11.8 Å². The van der Waals surface area contributed by atoms with Crippen molar-refractivity contribution in [3.8, 4) is 0 Å². The third-order valence-electron chi connectivity index (χ3n) is 3.05. The van der Waals surface area contributed by atoms with Gasteiger partial charge in [0.25, 0.3) is 0 Å². The number of aliphatic hydroxyl groups is 1. The number of nitrogens with zero attached hydrogens (tertiary/aromatic N) is 2. The van der Waals surface area contributed by atoms with E-state index in [0.717, 1.165) is 11.3 Å². The van der Waals surface area contributed by atoms with E-state index in [0.29, 0.717) is 12.3 Å². The lowest BCUT2D eigenvalue weighted by molar-refractivity contribution is -0.146. The van der Waals surface area contributed by atoms with Gasteiger partial charge in [0.2, 0.25) is 5.91 Å². The van der Waals surface area contributed by atoms with Gasteiger partial charge in [-0.25, -0.2) is 4.79 Å². The van der Waals surface area contributed by atoms with Crippen LogP contribution < -0.4 is 0 Å². The van der Waals surface area contributed by atoms with Crippen LogP contribution >= 0.6 is 0 Å². The maximum atomic E-state index is 11.8. The molecule has 0 aromatic rings. The van der Waals surface area contributed by atoms with E-state index in [4.69, 9.17) is 0 Å². The molecule has 5 heteroatoms. The predicted octanol–water partition coefficient (Wildman–Crippen LogP) is 0.881. The summed E-state index contributed by atoms with van der Waals surface area (Å²) in [5, 5.41) is 9.87. The minimum Gasteiger partial charge on any atom is -0.373 e. The van der Waals surface area contributed by atoms with Crippen molar-refractivity contribution in [1.29, 1.82) is 0 Å². The van der Waals surface area contributed by atoms with Crippen molar-refractivity contribution >= 4 is 11.9 Å². The molecule has 1 fully saturated rings. The van der Waals surface area contributed by atoms with Crippen LogP contribution in [0.3, 0.4) is 0 Å². The molecule has 0 bridgehead atoms. The van der Waals surface area contributed by atoms with Gasteiger partial charge >= 0.3 is 6.03 Å². The Balaban J connectivity index is 2.75. The van der Waals surface area contributed by atoms with Crippen LogP contribution in [-0.2, 0) is 4.79 Å². The van der Waals surface area contributed by atoms with Gasteiger partial charge in [0, 0.05) is 14.1 Å². The Kier molecular flexibility index (Phi) is 3.91. The Labute approximate surface area is 96.0 Å². The van der Waals surface area contributed by atoms with E-state index in [1.165, 1.54) is 19.0 Å². The fourth-order valence-corrected chi connectivity index (χ4v) is 1.88. The summed E-state index contributed by atoms with van der Waals surface area (Å²) in [5.74, 6) is -0.292. The predicted molar refractivity (Wildman–Crippen MR) is 59.5 cm³/mol. The number of carbonyl (C=O) groups excluding carboxylic acids is 2. The number of hydrogen-bond acceptors (Lipinski definition) is 3. The molecule has 0 aromatic carbocycles. The van der Waals surface area contributed by atoms with Gasteiger partial charge in [-0.2, -0.15) is 0 Å². The van der Waals surface area contributed by atoms with Crippen LogP contribution in [0.1, 0.15) is 26.7 Å². The molecule has 0 saturated carbocycles. The zero-order valence-corrected chi connectivity index (χ0v) is 10.3. The molecule has 0 unspecified atom stereocenters. The highest BCUT2D eigenvalue weighted by molar-refractivity contribution is 5.97. The lowest BCUT2D eigenvalue weighted by Gasteiger charge is -2.39. The topological polar surface area (TPSA) is 60.9 Å². The highest BCUT2D eigenvalue weighted by Gasteiger charge is 2.41. The molecule has 1 N–H and O–H groups in total. The third kappa shape index (κ3) is 2.35. The van der Waals surface area contributed by atoms with E-state index >= 15 is 0 Å². The Morgan fingerprint density at radius 3 is 2.38 bits per heavy atom. The molecule has 0 radical (unpaired) electrons. The van der Waals surface area contributed by atoms with E-state index in [9.17, 15) is 14.7 Å². The zero-order valence-electron chi connectivity index (χ0n) is 10.3. The van der Waals surface area contributed by atoms with Crippen LogP contribution in [-0.4, -0.2) is 47.2 Å². The lowest BCUT2D eigenvalue weighted by Crippen LogP contribution is -2.59. The lowest BCUT2D eigenvalue weighted by atomic mass is 9.93. The quantitative estimate of drug-likeness (QED) is 0.780. The number of hydrogen-bond donors (Lipinski definition) is 1. The molecule has 92 valence electrons. The first-order valence-corrected chi connectivity index (χ1v) is 5.58. The maximum Gasteiger partial charge on any atom is 0.328 e. The normalized spacial score (nSPS) is 26.9.